The van der Waals surface area contributed by atoms with Crippen LogP contribution >= 0.6 is 11.6 Å². The van der Waals surface area contributed by atoms with E-state index in [-0.39, 0.29) is 11.9 Å². The first-order chi connectivity index (χ1) is 10.8. The van der Waals surface area contributed by atoms with E-state index < -0.39 is 17.6 Å². The zero-order valence-electron chi connectivity index (χ0n) is 11.5. The number of rotatable bonds is 3. The van der Waals surface area contributed by atoms with E-state index in [1.54, 1.807) is 6.07 Å². The van der Waals surface area contributed by atoms with Crippen LogP contribution in [0.3, 0.4) is 0 Å². The van der Waals surface area contributed by atoms with Crippen molar-refractivity contribution in [3.8, 4) is 5.75 Å². The number of hydrogen-bond donors (Lipinski definition) is 0. The molecule has 1 aromatic heterocycles. The van der Waals surface area contributed by atoms with Gasteiger partial charge in [-0.05, 0) is 12.1 Å². The molecule has 0 bridgehead atoms. The highest BCUT2D eigenvalue weighted by molar-refractivity contribution is 6.29. The lowest BCUT2D eigenvalue weighted by molar-refractivity contribution is -0.137. The molecule has 1 fully saturated rings. The molecular weight excluding hydrogens is 338 g/mol. The highest BCUT2D eigenvalue weighted by Crippen LogP contribution is 2.33. The van der Waals surface area contributed by atoms with Gasteiger partial charge in [0, 0.05) is 12.1 Å². The molecule has 0 atom stereocenters. The fourth-order valence-electron chi connectivity index (χ4n) is 2.18. The third-order valence-corrected chi connectivity index (χ3v) is 3.50. The smallest absolute Gasteiger partial charge is 0.416 e. The summed E-state index contributed by atoms with van der Waals surface area (Å²) in [5, 5.41) is 0.291. The molecule has 1 aliphatic rings. The monoisotopic (exact) mass is 347 g/mol. The number of hydrogen-bond acceptors (Lipinski definition) is 4. The van der Waals surface area contributed by atoms with E-state index in [1.807, 2.05) is 4.90 Å². The van der Waals surface area contributed by atoms with Gasteiger partial charge in [0.15, 0.2) is 0 Å². The third-order valence-electron chi connectivity index (χ3n) is 3.29. The summed E-state index contributed by atoms with van der Waals surface area (Å²) in [4.78, 5) is 9.61. The summed E-state index contributed by atoms with van der Waals surface area (Å²) in [5.41, 5.74) is -1.08. The number of halogens is 5. The van der Waals surface area contributed by atoms with Crippen molar-refractivity contribution in [2.45, 2.75) is 12.3 Å². The number of alkyl halides is 3. The first kappa shape index (κ1) is 15.8. The van der Waals surface area contributed by atoms with Crippen molar-refractivity contribution in [1.82, 2.24) is 9.97 Å². The topological polar surface area (TPSA) is 38.2 Å². The number of aromatic nitrogens is 2. The van der Waals surface area contributed by atoms with Crippen molar-refractivity contribution in [1.29, 1.82) is 0 Å². The average molecular weight is 348 g/mol. The lowest BCUT2D eigenvalue weighted by Gasteiger charge is -2.39. The Morgan fingerprint density at radius 3 is 2.52 bits per heavy atom. The fraction of sp³-hybridized carbons (Fsp3) is 0.286. The van der Waals surface area contributed by atoms with Crippen LogP contribution < -0.4 is 9.64 Å². The van der Waals surface area contributed by atoms with Crippen molar-refractivity contribution in [3.63, 3.8) is 0 Å². The Kier molecular flexibility index (Phi) is 4.01. The van der Waals surface area contributed by atoms with Crippen molar-refractivity contribution in [2.75, 3.05) is 18.0 Å². The van der Waals surface area contributed by atoms with E-state index in [0.29, 0.717) is 30.1 Å². The molecule has 122 valence electrons. The predicted molar refractivity (Wildman–Crippen MR) is 75.1 cm³/mol. The predicted octanol–water partition coefficient (Wildman–Crippen LogP) is 3.56. The standard InChI is InChI=1S/C14H10ClF4N3O/c15-12-4-13(21-7-20-12)22-5-11(6-22)23-10-2-8(14(17,18)19)1-9(16)3-10/h1-4,7,11H,5-6H2. The normalized spacial score (nSPS) is 15.4. The van der Waals surface area contributed by atoms with Gasteiger partial charge < -0.3 is 9.64 Å². The molecule has 1 aliphatic heterocycles. The minimum absolute atomic E-state index is 0.150. The molecule has 0 unspecified atom stereocenters. The van der Waals surface area contributed by atoms with Gasteiger partial charge in [0.05, 0.1) is 18.7 Å². The lowest BCUT2D eigenvalue weighted by Crippen LogP contribution is -2.54. The highest BCUT2D eigenvalue weighted by Gasteiger charge is 2.33. The van der Waals surface area contributed by atoms with Gasteiger partial charge in [-0.25, -0.2) is 14.4 Å². The van der Waals surface area contributed by atoms with Gasteiger partial charge in [-0.15, -0.1) is 0 Å². The minimum Gasteiger partial charge on any atom is -0.487 e. The van der Waals surface area contributed by atoms with Crippen LogP contribution in [0.15, 0.2) is 30.6 Å². The second-order valence-electron chi connectivity index (χ2n) is 5.02. The maximum Gasteiger partial charge on any atom is 0.416 e. The third kappa shape index (κ3) is 3.64. The molecule has 0 radical (unpaired) electrons. The molecule has 2 aromatic rings. The maximum absolute atomic E-state index is 13.3. The first-order valence-electron chi connectivity index (χ1n) is 6.58. The largest absolute Gasteiger partial charge is 0.487 e. The Hall–Kier alpha value is -2.09. The summed E-state index contributed by atoms with van der Waals surface area (Å²) in [6, 6.07) is 3.72. The molecule has 9 heteroatoms. The van der Waals surface area contributed by atoms with Gasteiger partial charge in [-0.3, -0.25) is 0 Å². The van der Waals surface area contributed by atoms with Gasteiger partial charge in [-0.2, -0.15) is 13.2 Å². The summed E-state index contributed by atoms with van der Waals surface area (Å²) in [5.74, 6) is -0.545. The van der Waals surface area contributed by atoms with E-state index in [1.165, 1.54) is 6.33 Å². The van der Waals surface area contributed by atoms with Gasteiger partial charge in [-0.1, -0.05) is 11.6 Å². The first-order valence-corrected chi connectivity index (χ1v) is 6.96. The van der Waals surface area contributed by atoms with Gasteiger partial charge in [0.1, 0.15) is 35.0 Å². The maximum atomic E-state index is 13.3. The van der Waals surface area contributed by atoms with Crippen molar-refractivity contribution in [2.24, 2.45) is 0 Å². The Balaban J connectivity index is 1.65. The van der Waals surface area contributed by atoms with Gasteiger partial charge in [0.2, 0.25) is 0 Å². The molecule has 4 nitrogen and oxygen atoms in total. The van der Waals surface area contributed by atoms with E-state index in [2.05, 4.69) is 9.97 Å². The number of anilines is 1. The summed E-state index contributed by atoms with van der Waals surface area (Å²) >= 11 is 5.76. The lowest BCUT2D eigenvalue weighted by atomic mass is 10.1. The van der Waals surface area contributed by atoms with Crippen LogP contribution in [0.5, 0.6) is 5.75 Å². The summed E-state index contributed by atoms with van der Waals surface area (Å²) in [6.07, 6.45) is -3.66. The van der Waals surface area contributed by atoms with Gasteiger partial charge in [0.25, 0.3) is 0 Å². The number of nitrogens with zero attached hydrogens (tertiary/aromatic N) is 3. The Morgan fingerprint density at radius 2 is 1.87 bits per heavy atom. The highest BCUT2D eigenvalue weighted by atomic mass is 35.5. The van der Waals surface area contributed by atoms with E-state index in [9.17, 15) is 17.6 Å². The van der Waals surface area contributed by atoms with Crippen LogP contribution in [0.25, 0.3) is 0 Å². The SMILES string of the molecule is Fc1cc(OC2CN(c3cc(Cl)ncn3)C2)cc(C(F)(F)F)c1. The molecule has 0 saturated carbocycles. The molecule has 1 saturated heterocycles. The van der Waals surface area contributed by atoms with Crippen LogP contribution in [-0.2, 0) is 6.18 Å². The quantitative estimate of drug-likeness (QED) is 0.628. The van der Waals surface area contributed by atoms with Crippen molar-refractivity contribution in [3.05, 3.63) is 47.1 Å². The van der Waals surface area contributed by atoms with Crippen LogP contribution in [-0.4, -0.2) is 29.2 Å². The Labute approximate surface area is 133 Å². The summed E-state index contributed by atoms with van der Waals surface area (Å²) in [6.45, 7) is 0.816. The summed E-state index contributed by atoms with van der Waals surface area (Å²) < 4.78 is 56.6. The van der Waals surface area contributed by atoms with Crippen LogP contribution in [0.2, 0.25) is 5.15 Å². The van der Waals surface area contributed by atoms with Crippen LogP contribution in [0.4, 0.5) is 23.4 Å². The molecule has 0 N–H and O–H groups in total. The second kappa shape index (κ2) is 5.84. The average Bonchev–Trinajstić information content (AvgIpc) is 2.41. The Morgan fingerprint density at radius 1 is 1.13 bits per heavy atom. The minimum atomic E-state index is -4.62. The molecule has 0 amide bonds. The van der Waals surface area contributed by atoms with E-state index in [4.69, 9.17) is 16.3 Å². The fourth-order valence-corrected chi connectivity index (χ4v) is 2.33. The van der Waals surface area contributed by atoms with Crippen LogP contribution in [0.1, 0.15) is 5.56 Å². The summed E-state index contributed by atoms with van der Waals surface area (Å²) in [7, 11) is 0. The molecular formula is C14H10ClF4N3O. The van der Waals surface area contributed by atoms with Gasteiger partial charge >= 0.3 is 6.18 Å². The van der Waals surface area contributed by atoms with Crippen molar-refractivity contribution < 1.29 is 22.3 Å². The molecule has 0 aliphatic carbocycles. The molecule has 0 spiro atoms. The van der Waals surface area contributed by atoms with Crippen LogP contribution in [0, 0.1) is 5.82 Å². The number of ether oxygens (including phenoxy) is 1. The Bertz CT molecular complexity index is 719. The molecule has 3 rings (SSSR count). The van der Waals surface area contributed by atoms with E-state index in [0.717, 1.165) is 12.1 Å². The molecule has 1 aromatic carbocycles. The second-order valence-corrected chi connectivity index (χ2v) is 5.40. The number of benzene rings is 1. The molecule has 2 heterocycles. The zero-order chi connectivity index (χ0) is 16.6. The van der Waals surface area contributed by atoms with E-state index >= 15 is 0 Å². The van der Waals surface area contributed by atoms with Crippen molar-refractivity contribution >= 4 is 17.4 Å². The molecule has 23 heavy (non-hydrogen) atoms. The zero-order valence-corrected chi connectivity index (χ0v) is 12.3.